The highest BCUT2D eigenvalue weighted by molar-refractivity contribution is 8.43. The fraction of sp³-hybridized carbons (Fsp3) is 0.182. The Labute approximate surface area is 202 Å². The first-order valence-corrected chi connectivity index (χ1v) is 15.8. The molecule has 0 nitrogen and oxygen atoms in total. The van der Waals surface area contributed by atoms with Crippen LogP contribution < -0.4 is 0 Å². The smallest absolute Gasteiger partial charge is 0.0717 e. The molecule has 2 aromatic carbocycles. The fourth-order valence-corrected chi connectivity index (χ4v) is 12.4. The second-order valence-corrected chi connectivity index (χ2v) is 14.4. The van der Waals surface area contributed by atoms with E-state index >= 15 is 0 Å². The Morgan fingerprint density at radius 2 is 1.59 bits per heavy atom. The Hall–Kier alpha value is 0.110. The molecular formula is C22H18S7. The van der Waals surface area contributed by atoms with Crippen molar-refractivity contribution in [3.05, 3.63) is 85.7 Å². The van der Waals surface area contributed by atoms with Gasteiger partial charge in [-0.2, -0.15) is 0 Å². The van der Waals surface area contributed by atoms with Gasteiger partial charge in [-0.15, -0.1) is 35.3 Å². The zero-order valence-electron chi connectivity index (χ0n) is 15.9. The van der Waals surface area contributed by atoms with E-state index in [4.69, 9.17) is 0 Å². The molecule has 2 heterocycles. The third-order valence-corrected chi connectivity index (χ3v) is 14.3. The summed E-state index contributed by atoms with van der Waals surface area (Å²) in [6, 6.07) is 15.8. The van der Waals surface area contributed by atoms with Crippen molar-refractivity contribution in [3.63, 3.8) is 0 Å². The van der Waals surface area contributed by atoms with Crippen LogP contribution in [0.5, 0.6) is 0 Å². The molecule has 29 heavy (non-hydrogen) atoms. The van der Waals surface area contributed by atoms with Crippen LogP contribution in [0.4, 0.5) is 0 Å². The highest BCUT2D eigenvalue weighted by Gasteiger charge is 2.26. The van der Waals surface area contributed by atoms with E-state index in [1.165, 1.54) is 49.0 Å². The summed E-state index contributed by atoms with van der Waals surface area (Å²) in [5.74, 6) is 1.04. The fourth-order valence-electron chi connectivity index (χ4n) is 3.44. The normalized spacial score (nSPS) is 17.8. The van der Waals surface area contributed by atoms with Crippen LogP contribution in [0.2, 0.25) is 0 Å². The monoisotopic (exact) mass is 506 g/mol. The van der Waals surface area contributed by atoms with Crippen molar-refractivity contribution in [3.8, 4) is 11.1 Å². The number of fused-ring (bicyclic) bond motifs is 3. The predicted molar refractivity (Wildman–Crippen MR) is 146 cm³/mol. The quantitative estimate of drug-likeness (QED) is 0.334. The second-order valence-electron chi connectivity index (χ2n) is 6.53. The summed E-state index contributed by atoms with van der Waals surface area (Å²) in [5.41, 5.74) is 7.20. The molecule has 0 spiro atoms. The molecule has 0 atom stereocenters. The van der Waals surface area contributed by atoms with Crippen molar-refractivity contribution in [2.24, 2.45) is 0 Å². The highest BCUT2D eigenvalue weighted by atomic mass is 32.3. The maximum atomic E-state index is 2.41. The van der Waals surface area contributed by atoms with E-state index in [-0.39, 0.29) is 0 Å². The van der Waals surface area contributed by atoms with E-state index in [2.05, 4.69) is 60.4 Å². The number of thioether (sulfide) groups is 7. The third kappa shape index (κ3) is 4.38. The second kappa shape index (κ2) is 9.31. The summed E-state index contributed by atoms with van der Waals surface area (Å²) in [4.78, 5) is 0. The summed E-state index contributed by atoms with van der Waals surface area (Å²) in [5, 5.41) is 2.33. The van der Waals surface area contributed by atoms with Gasteiger partial charge in [0.05, 0.1) is 21.2 Å². The summed E-state index contributed by atoms with van der Waals surface area (Å²) in [6.45, 7) is 0. The van der Waals surface area contributed by atoms with Crippen molar-refractivity contribution in [2.45, 2.75) is 12.2 Å². The molecule has 0 bridgehead atoms. The van der Waals surface area contributed by atoms with Crippen molar-refractivity contribution in [1.29, 1.82) is 0 Å². The Bertz CT molecular complexity index is 1050. The summed E-state index contributed by atoms with van der Waals surface area (Å²) in [7, 11) is 0. The standard InChI is InChI=1S/C22H18S7/c1-23-19-20(24-2)29-22(28-19)21-26-12-18(27-21)25-11-13-7-8-17-15(9-13)10-14-5-3-4-6-16(14)17/h3-9,12H,10-11H2,1-2H3. The van der Waals surface area contributed by atoms with E-state index in [9.17, 15) is 0 Å². The zero-order chi connectivity index (χ0) is 19.8. The van der Waals surface area contributed by atoms with Crippen LogP contribution in [0.3, 0.4) is 0 Å². The number of rotatable bonds is 5. The predicted octanol–water partition coefficient (Wildman–Crippen LogP) is 9.23. The van der Waals surface area contributed by atoms with Crippen molar-refractivity contribution in [1.82, 2.24) is 0 Å². The first-order chi connectivity index (χ1) is 14.2. The molecule has 5 rings (SSSR count). The maximum Gasteiger partial charge on any atom is 0.0717 e. The Morgan fingerprint density at radius 3 is 2.38 bits per heavy atom. The van der Waals surface area contributed by atoms with Gasteiger partial charge in [-0.25, -0.2) is 0 Å². The minimum atomic E-state index is 1.04. The van der Waals surface area contributed by atoms with Gasteiger partial charge in [-0.1, -0.05) is 89.5 Å². The Balaban J connectivity index is 1.22. The molecule has 0 radical (unpaired) electrons. The van der Waals surface area contributed by atoms with Gasteiger partial charge in [0.1, 0.15) is 0 Å². The number of benzene rings is 2. The van der Waals surface area contributed by atoms with E-state index in [0.29, 0.717) is 0 Å². The summed E-state index contributed by atoms with van der Waals surface area (Å²) >= 11 is 13.4. The van der Waals surface area contributed by atoms with Gasteiger partial charge in [-0.05, 0) is 52.2 Å². The molecule has 0 aromatic heterocycles. The van der Waals surface area contributed by atoms with E-state index < -0.39 is 0 Å². The van der Waals surface area contributed by atoms with E-state index in [1.54, 1.807) is 0 Å². The lowest BCUT2D eigenvalue weighted by Gasteiger charge is -2.06. The topological polar surface area (TPSA) is 0 Å². The molecule has 0 saturated heterocycles. The van der Waals surface area contributed by atoms with Gasteiger partial charge in [0.2, 0.25) is 0 Å². The Morgan fingerprint density at radius 1 is 0.828 bits per heavy atom. The molecule has 7 heteroatoms. The van der Waals surface area contributed by atoms with Crippen LogP contribution >= 0.6 is 82.3 Å². The molecule has 148 valence electrons. The zero-order valence-corrected chi connectivity index (χ0v) is 21.6. The largest absolute Gasteiger partial charge is 0.121 e. The van der Waals surface area contributed by atoms with Crippen LogP contribution in [0.1, 0.15) is 16.7 Å². The van der Waals surface area contributed by atoms with Gasteiger partial charge in [0.25, 0.3) is 0 Å². The molecule has 2 aromatic rings. The molecule has 0 saturated carbocycles. The minimum absolute atomic E-state index is 1.04. The van der Waals surface area contributed by atoms with Crippen molar-refractivity contribution >= 4 is 82.3 Å². The SMILES string of the molecule is CSC1=C(SC)SC(=C2SC=C(SCc3ccc4c(c3)Cc3ccccc3-4)S2)S1. The van der Waals surface area contributed by atoms with Gasteiger partial charge in [0, 0.05) is 5.75 Å². The van der Waals surface area contributed by atoms with Crippen LogP contribution in [0, 0.1) is 0 Å². The van der Waals surface area contributed by atoms with Gasteiger partial charge >= 0.3 is 0 Å². The number of hydrogen-bond acceptors (Lipinski definition) is 7. The average molecular weight is 507 g/mol. The number of hydrogen-bond donors (Lipinski definition) is 0. The molecule has 0 amide bonds. The minimum Gasteiger partial charge on any atom is -0.121 e. The van der Waals surface area contributed by atoms with Crippen LogP contribution in [-0.4, -0.2) is 12.5 Å². The molecular weight excluding hydrogens is 489 g/mol. The Kier molecular flexibility index (Phi) is 6.74. The lowest BCUT2D eigenvalue weighted by atomic mass is 10.0. The van der Waals surface area contributed by atoms with E-state index in [0.717, 1.165) is 12.2 Å². The maximum absolute atomic E-state index is 2.41. The van der Waals surface area contributed by atoms with Crippen molar-refractivity contribution < 1.29 is 0 Å². The van der Waals surface area contributed by atoms with Crippen LogP contribution in [0.15, 0.2) is 69.1 Å². The lowest BCUT2D eigenvalue weighted by Crippen LogP contribution is -1.85. The molecule has 3 aliphatic rings. The molecule has 0 N–H and O–H groups in total. The third-order valence-electron chi connectivity index (χ3n) is 4.77. The van der Waals surface area contributed by atoms with Crippen molar-refractivity contribution in [2.75, 3.05) is 12.5 Å². The first kappa shape index (κ1) is 21.0. The average Bonchev–Trinajstić information content (AvgIpc) is 3.47. The lowest BCUT2D eigenvalue weighted by molar-refractivity contribution is 1.24. The summed E-state index contributed by atoms with van der Waals surface area (Å²) < 4.78 is 7.22. The van der Waals surface area contributed by atoms with Gasteiger partial charge in [0.15, 0.2) is 0 Å². The highest BCUT2D eigenvalue weighted by Crippen LogP contribution is 2.62. The van der Waals surface area contributed by atoms with Crippen LogP contribution in [0.25, 0.3) is 11.1 Å². The molecule has 1 aliphatic carbocycles. The molecule has 2 aliphatic heterocycles. The van der Waals surface area contributed by atoms with Gasteiger partial charge in [-0.3, -0.25) is 0 Å². The first-order valence-electron chi connectivity index (χ1n) is 9.05. The molecule has 0 unspecified atom stereocenters. The summed E-state index contributed by atoms with van der Waals surface area (Å²) in [6.07, 6.45) is 5.43. The molecule has 0 fully saturated rings. The van der Waals surface area contributed by atoms with Crippen LogP contribution in [-0.2, 0) is 12.2 Å². The van der Waals surface area contributed by atoms with E-state index in [1.807, 2.05) is 82.3 Å². The van der Waals surface area contributed by atoms with Gasteiger partial charge < -0.3 is 0 Å².